The number of carbonyl (C=O) groups is 1. The highest BCUT2D eigenvalue weighted by atomic mass is 16.4. The van der Waals surface area contributed by atoms with Crippen molar-refractivity contribution >= 4 is 11.9 Å². The third-order valence-electron chi connectivity index (χ3n) is 5.09. The predicted molar refractivity (Wildman–Crippen MR) is 116 cm³/mol. The van der Waals surface area contributed by atoms with E-state index in [1.807, 2.05) is 0 Å². The molecule has 5 nitrogen and oxygen atoms in total. The molecule has 0 aliphatic rings. The summed E-state index contributed by atoms with van der Waals surface area (Å²) in [5.74, 6) is -0.453. The standard InChI is InChI=1S/C22H45N3O2/c23-22(24)25-20-18-16-14-12-10-8-6-4-2-1-3-5-7-9-11-13-15-17-19-21(26)27/h1-20H2,(H,26,27)(H4,23,24,25). The number of nitrogens with two attached hydrogens (primary N) is 2. The zero-order valence-electron chi connectivity index (χ0n) is 17.6. The lowest BCUT2D eigenvalue weighted by Crippen LogP contribution is -2.22. The molecule has 0 spiro atoms. The summed E-state index contributed by atoms with van der Waals surface area (Å²) in [6.45, 7) is 0.773. The second-order valence-electron chi connectivity index (χ2n) is 7.81. The van der Waals surface area contributed by atoms with E-state index in [1.165, 1.54) is 96.3 Å². The van der Waals surface area contributed by atoms with Crippen LogP contribution in [-0.2, 0) is 4.79 Å². The van der Waals surface area contributed by atoms with Crippen LogP contribution >= 0.6 is 0 Å². The van der Waals surface area contributed by atoms with Crippen LogP contribution in [0.1, 0.15) is 122 Å². The molecule has 0 radical (unpaired) electrons. The van der Waals surface area contributed by atoms with E-state index in [0.717, 1.165) is 25.8 Å². The van der Waals surface area contributed by atoms with Crippen molar-refractivity contribution in [2.75, 3.05) is 6.54 Å². The first-order valence-electron chi connectivity index (χ1n) is 11.4. The number of aliphatic imine (C=N–C) groups is 1. The fourth-order valence-electron chi connectivity index (χ4n) is 3.42. The third kappa shape index (κ3) is 24.7. The summed E-state index contributed by atoms with van der Waals surface area (Å²) in [5, 5.41) is 8.57. The van der Waals surface area contributed by atoms with Gasteiger partial charge in [-0.3, -0.25) is 9.79 Å². The summed E-state index contributed by atoms with van der Waals surface area (Å²) in [6, 6.07) is 0. The van der Waals surface area contributed by atoms with E-state index >= 15 is 0 Å². The summed E-state index contributed by atoms with van der Waals surface area (Å²) in [4.78, 5) is 14.4. The fraction of sp³-hybridized carbons (Fsp3) is 0.909. The highest BCUT2D eigenvalue weighted by Gasteiger charge is 1.97. The molecule has 0 fully saturated rings. The zero-order chi connectivity index (χ0) is 20.0. The second kappa shape index (κ2) is 21.0. The van der Waals surface area contributed by atoms with Gasteiger partial charge >= 0.3 is 5.97 Å². The number of rotatable bonds is 21. The van der Waals surface area contributed by atoms with Gasteiger partial charge in [0.15, 0.2) is 5.96 Å². The SMILES string of the molecule is NC(N)=NCCCCCCCCCCCCCCCCCCCCC(=O)O. The van der Waals surface area contributed by atoms with Crippen molar-refractivity contribution in [1.82, 2.24) is 0 Å². The van der Waals surface area contributed by atoms with Gasteiger partial charge in [-0.1, -0.05) is 103 Å². The van der Waals surface area contributed by atoms with Crippen LogP contribution in [0.15, 0.2) is 4.99 Å². The maximum atomic E-state index is 10.4. The number of hydrogen-bond acceptors (Lipinski definition) is 2. The molecule has 0 aliphatic heterocycles. The van der Waals surface area contributed by atoms with Crippen LogP contribution < -0.4 is 11.5 Å². The van der Waals surface area contributed by atoms with Crippen LogP contribution in [0.3, 0.4) is 0 Å². The zero-order valence-corrected chi connectivity index (χ0v) is 17.6. The van der Waals surface area contributed by atoms with E-state index in [0.29, 0.717) is 6.42 Å². The molecule has 5 N–H and O–H groups in total. The minimum absolute atomic E-state index is 0.208. The van der Waals surface area contributed by atoms with Crippen LogP contribution in [-0.4, -0.2) is 23.6 Å². The quantitative estimate of drug-likeness (QED) is 0.133. The number of guanidine groups is 1. The Labute approximate surface area is 167 Å². The average molecular weight is 384 g/mol. The van der Waals surface area contributed by atoms with Gasteiger partial charge in [0.1, 0.15) is 0 Å². The van der Waals surface area contributed by atoms with Gasteiger partial charge in [0.05, 0.1) is 0 Å². The molecule has 5 heteroatoms. The van der Waals surface area contributed by atoms with Crippen molar-refractivity contribution in [2.24, 2.45) is 16.5 Å². The first-order valence-corrected chi connectivity index (χ1v) is 11.4. The van der Waals surface area contributed by atoms with Gasteiger partial charge in [0.25, 0.3) is 0 Å². The molecular weight excluding hydrogens is 338 g/mol. The molecule has 0 aliphatic carbocycles. The van der Waals surface area contributed by atoms with Crippen LogP contribution in [0, 0.1) is 0 Å². The fourth-order valence-corrected chi connectivity index (χ4v) is 3.42. The number of aliphatic carboxylic acids is 1. The van der Waals surface area contributed by atoms with E-state index in [1.54, 1.807) is 0 Å². The first-order chi connectivity index (χ1) is 13.1. The first kappa shape index (κ1) is 25.7. The molecule has 0 aromatic carbocycles. The highest BCUT2D eigenvalue weighted by molar-refractivity contribution is 5.75. The highest BCUT2D eigenvalue weighted by Crippen LogP contribution is 2.14. The largest absolute Gasteiger partial charge is 0.481 e. The Hall–Kier alpha value is -1.26. The molecule has 27 heavy (non-hydrogen) atoms. The molecule has 0 saturated carbocycles. The van der Waals surface area contributed by atoms with Gasteiger partial charge in [-0.15, -0.1) is 0 Å². The van der Waals surface area contributed by atoms with Crippen LogP contribution in [0.25, 0.3) is 0 Å². The number of nitrogens with zero attached hydrogens (tertiary/aromatic N) is 1. The molecule has 0 atom stereocenters. The summed E-state index contributed by atoms with van der Waals surface area (Å²) >= 11 is 0. The van der Waals surface area contributed by atoms with Gasteiger partial charge in [-0.25, -0.2) is 0 Å². The maximum Gasteiger partial charge on any atom is 0.303 e. The van der Waals surface area contributed by atoms with Crippen molar-refractivity contribution in [3.63, 3.8) is 0 Å². The molecule has 0 unspecified atom stereocenters. The Morgan fingerprint density at radius 2 is 0.852 bits per heavy atom. The van der Waals surface area contributed by atoms with Crippen LogP contribution in [0.2, 0.25) is 0 Å². The Morgan fingerprint density at radius 3 is 1.15 bits per heavy atom. The topological polar surface area (TPSA) is 102 Å². The van der Waals surface area contributed by atoms with E-state index in [9.17, 15) is 4.79 Å². The monoisotopic (exact) mass is 383 g/mol. The Bertz CT molecular complexity index is 355. The number of carboxylic acid groups (broad SMARTS) is 1. The van der Waals surface area contributed by atoms with Gasteiger partial charge in [0, 0.05) is 13.0 Å². The van der Waals surface area contributed by atoms with Crippen molar-refractivity contribution in [2.45, 2.75) is 122 Å². The molecule has 0 bridgehead atoms. The second-order valence-corrected chi connectivity index (χ2v) is 7.81. The number of hydrogen-bond donors (Lipinski definition) is 3. The molecule has 0 saturated heterocycles. The molecule has 0 aromatic heterocycles. The predicted octanol–water partition coefficient (Wildman–Crippen LogP) is 5.76. The summed E-state index contributed by atoms with van der Waals surface area (Å²) in [6.07, 6.45) is 23.5. The van der Waals surface area contributed by atoms with Crippen molar-refractivity contribution in [3.05, 3.63) is 0 Å². The van der Waals surface area contributed by atoms with Gasteiger partial charge in [-0.2, -0.15) is 0 Å². The smallest absolute Gasteiger partial charge is 0.303 e. The van der Waals surface area contributed by atoms with Crippen LogP contribution in [0.4, 0.5) is 0 Å². The summed E-state index contributed by atoms with van der Waals surface area (Å²) < 4.78 is 0. The lowest BCUT2D eigenvalue weighted by molar-refractivity contribution is -0.137. The normalized spacial score (nSPS) is 10.8. The van der Waals surface area contributed by atoms with Crippen LogP contribution in [0.5, 0.6) is 0 Å². The van der Waals surface area contributed by atoms with Gasteiger partial charge in [0.2, 0.25) is 0 Å². The van der Waals surface area contributed by atoms with E-state index in [-0.39, 0.29) is 5.96 Å². The minimum Gasteiger partial charge on any atom is -0.481 e. The molecule has 0 aromatic rings. The van der Waals surface area contributed by atoms with E-state index in [4.69, 9.17) is 16.6 Å². The summed E-state index contributed by atoms with van der Waals surface area (Å²) in [7, 11) is 0. The lowest BCUT2D eigenvalue weighted by atomic mass is 10.0. The van der Waals surface area contributed by atoms with Gasteiger partial charge in [-0.05, 0) is 12.8 Å². The molecule has 0 heterocycles. The van der Waals surface area contributed by atoms with E-state index < -0.39 is 5.97 Å². The molecule has 160 valence electrons. The minimum atomic E-state index is -0.661. The molecule has 0 rings (SSSR count). The maximum absolute atomic E-state index is 10.4. The van der Waals surface area contributed by atoms with E-state index in [2.05, 4.69) is 4.99 Å². The van der Waals surface area contributed by atoms with Gasteiger partial charge < -0.3 is 16.6 Å². The number of unbranched alkanes of at least 4 members (excludes halogenated alkanes) is 17. The Kier molecular flexibility index (Phi) is 20.1. The number of carboxylic acids is 1. The Morgan fingerprint density at radius 1 is 0.556 bits per heavy atom. The molecule has 0 amide bonds. The average Bonchev–Trinajstić information content (AvgIpc) is 2.62. The van der Waals surface area contributed by atoms with Crippen molar-refractivity contribution < 1.29 is 9.90 Å². The van der Waals surface area contributed by atoms with Crippen molar-refractivity contribution in [3.8, 4) is 0 Å². The molecular formula is C22H45N3O2. The summed E-state index contributed by atoms with van der Waals surface area (Å²) in [5.41, 5.74) is 10.6. The third-order valence-corrected chi connectivity index (χ3v) is 5.09. The lowest BCUT2D eigenvalue weighted by Gasteiger charge is -2.04. The van der Waals surface area contributed by atoms with Crippen molar-refractivity contribution in [1.29, 1.82) is 0 Å². The Balaban J connectivity index is 3.03.